The third-order valence-electron chi connectivity index (χ3n) is 16.4. The van der Waals surface area contributed by atoms with Crippen LogP contribution in [0, 0.1) is 29.5 Å². The number of piperidine rings is 3. The van der Waals surface area contributed by atoms with Crippen LogP contribution in [0.1, 0.15) is 83.8 Å². The molecule has 12 heterocycles. The van der Waals surface area contributed by atoms with Gasteiger partial charge in [-0.05, 0) is 134 Å². The largest absolute Gasteiger partial charge is 0.506 e. The number of anilines is 3. The van der Waals surface area contributed by atoms with E-state index in [0.29, 0.717) is 73.9 Å². The molecule has 3 aliphatic heterocycles. The number of benzene rings is 1. The van der Waals surface area contributed by atoms with Gasteiger partial charge in [-0.1, -0.05) is 52.7 Å². The molecule has 4 atom stereocenters. The lowest BCUT2D eigenvalue weighted by Crippen LogP contribution is -2.39. The van der Waals surface area contributed by atoms with E-state index in [1.54, 1.807) is 78.0 Å². The lowest BCUT2D eigenvalue weighted by Gasteiger charge is -2.35. The molecule has 2 unspecified atom stereocenters. The summed E-state index contributed by atoms with van der Waals surface area (Å²) in [6.45, 7) is 15.1. The van der Waals surface area contributed by atoms with Crippen molar-refractivity contribution in [2.45, 2.75) is 72.6 Å². The third-order valence-corrected chi connectivity index (χ3v) is 16.4. The van der Waals surface area contributed by atoms with Crippen LogP contribution >= 0.6 is 0 Å². The lowest BCUT2D eigenvalue weighted by atomic mass is 9.92. The molecule has 4 N–H and O–H groups in total. The molecule has 0 radical (unpaired) electrons. The molecule has 0 bridgehead atoms. The summed E-state index contributed by atoms with van der Waals surface area (Å²) in [4.78, 5) is 20.0. The molecule has 0 saturated carbocycles. The van der Waals surface area contributed by atoms with Gasteiger partial charge < -0.3 is 30.0 Å². The minimum atomic E-state index is -0.411. The predicted octanol–water partition coefficient (Wildman–Crippen LogP) is 11.5. The number of hydrogen-bond acceptors (Lipinski definition) is 18. The standard InChI is InChI=1S/C24H25FN6O.C22H26N6O.C19H22N6O/c1-3-15-5-4-8-31(13-15)22-7-6-20(27-28-22)24-21(32)11-17(12-26-24)16-9-18-14-30(2)29-23(18)19(25)10-16;1-15-8-16(2)13-28(12-15)21-7-6-19(25-26-21)22-20(29)9-17(10-23-22)4-5-18-11-24-27(3)14-18;1-2-13-4-3-7-25(12-13)18-6-5-16(23-24-18)19-17(26)8-14(9-20-19)15-10-21-22-11-15/h6-7,9-12,14-15,32H,3-5,8,13H2,1-2H3;4-7,9-11,14-16,29H,8,12-13H2,1-3H3;5-6,8-11,13,26H,2-4,7,12H2,1H3,(H,21,22)/b;5-4+;/t;15-,16+;. The number of H-pyrrole nitrogens is 1. The smallest absolute Gasteiger partial charge is 0.151 e. The van der Waals surface area contributed by atoms with Crippen molar-refractivity contribution < 1.29 is 19.7 Å². The van der Waals surface area contributed by atoms with Crippen molar-refractivity contribution in [2.75, 3.05) is 54.0 Å². The van der Waals surface area contributed by atoms with Gasteiger partial charge in [0.1, 0.15) is 56.9 Å². The monoisotopic (exact) mass is 1170 g/mol. The number of halogens is 1. The number of fused-ring (bicyclic) bond motifs is 1. The maximum atomic E-state index is 14.4. The fourth-order valence-electron chi connectivity index (χ4n) is 11.8. The zero-order valence-electron chi connectivity index (χ0n) is 49.9. The highest BCUT2D eigenvalue weighted by Gasteiger charge is 2.25. The van der Waals surface area contributed by atoms with E-state index in [1.165, 1.54) is 44.6 Å². The average Bonchev–Trinajstić information content (AvgIpc) is 2.96. The Bertz CT molecular complexity index is 3940. The van der Waals surface area contributed by atoms with Crippen LogP contribution < -0.4 is 14.7 Å². The summed E-state index contributed by atoms with van der Waals surface area (Å²) in [5, 5.41) is 73.1. The minimum absolute atomic E-state index is 0.0275. The van der Waals surface area contributed by atoms with Crippen molar-refractivity contribution in [1.29, 1.82) is 0 Å². The maximum Gasteiger partial charge on any atom is 0.151 e. The van der Waals surface area contributed by atoms with Crippen LogP contribution in [0.4, 0.5) is 21.8 Å². The average molecular weight is 1170 g/mol. The van der Waals surface area contributed by atoms with Crippen molar-refractivity contribution in [1.82, 2.24) is 75.3 Å². The van der Waals surface area contributed by atoms with Gasteiger partial charge >= 0.3 is 0 Å². The maximum absolute atomic E-state index is 14.4. The fraction of sp³-hybridized carbons (Fsp3) is 0.354. The minimum Gasteiger partial charge on any atom is -0.506 e. The first kappa shape index (κ1) is 59.0. The highest BCUT2D eigenvalue weighted by Crippen LogP contribution is 2.35. The van der Waals surface area contributed by atoms with Crippen LogP contribution in [0.3, 0.4) is 0 Å². The molecule has 22 heteroatoms. The molecule has 0 spiro atoms. The van der Waals surface area contributed by atoms with Crippen LogP contribution in [-0.2, 0) is 14.1 Å². The first-order valence-electron chi connectivity index (χ1n) is 29.9. The molecule has 21 nitrogen and oxygen atoms in total. The van der Waals surface area contributed by atoms with E-state index < -0.39 is 5.82 Å². The molecular weight excluding hydrogens is 1100 g/mol. The zero-order chi connectivity index (χ0) is 60.6. The normalized spacial score (nSPS) is 17.9. The van der Waals surface area contributed by atoms with E-state index in [4.69, 9.17) is 0 Å². The first-order valence-corrected chi connectivity index (χ1v) is 29.9. The molecule has 13 rings (SSSR count). The Morgan fingerprint density at radius 3 is 1.56 bits per heavy atom. The topological polar surface area (TPSA) is 251 Å². The van der Waals surface area contributed by atoms with Gasteiger partial charge in [0.25, 0.3) is 0 Å². The van der Waals surface area contributed by atoms with Crippen molar-refractivity contribution >= 4 is 40.5 Å². The summed E-state index contributed by atoms with van der Waals surface area (Å²) >= 11 is 0. The number of aromatic nitrogens is 15. The van der Waals surface area contributed by atoms with Crippen LogP contribution in [0.15, 0.2) is 116 Å². The van der Waals surface area contributed by atoms with Gasteiger partial charge in [-0.3, -0.25) is 14.5 Å². The molecule has 0 amide bonds. The van der Waals surface area contributed by atoms with Crippen molar-refractivity contribution in [3.8, 4) is 73.7 Å². The van der Waals surface area contributed by atoms with Gasteiger partial charge in [-0.2, -0.15) is 15.3 Å². The second-order valence-electron chi connectivity index (χ2n) is 23.2. The Kier molecular flexibility index (Phi) is 18.1. The Hall–Kier alpha value is -9.73. The Labute approximate surface area is 504 Å². The summed E-state index contributed by atoms with van der Waals surface area (Å²) < 4.78 is 17.8. The number of aromatic hydroxyl groups is 3. The first-order chi connectivity index (χ1) is 42.2. The molecule has 3 fully saturated rings. The van der Waals surface area contributed by atoms with Gasteiger partial charge in [0.05, 0.1) is 12.4 Å². The third kappa shape index (κ3) is 14.2. The lowest BCUT2D eigenvalue weighted by molar-refractivity contribution is 0.355. The second-order valence-corrected chi connectivity index (χ2v) is 23.2. The van der Waals surface area contributed by atoms with Crippen LogP contribution in [-0.4, -0.2) is 130 Å². The van der Waals surface area contributed by atoms with E-state index in [0.717, 1.165) is 91.3 Å². The number of aromatic amines is 1. The van der Waals surface area contributed by atoms with Gasteiger partial charge in [0.2, 0.25) is 0 Å². The molecule has 3 aliphatic rings. The van der Waals surface area contributed by atoms with Gasteiger partial charge in [-0.15, -0.1) is 30.6 Å². The molecule has 3 saturated heterocycles. The Morgan fingerprint density at radius 2 is 1.08 bits per heavy atom. The van der Waals surface area contributed by atoms with Gasteiger partial charge in [-0.25, -0.2) is 19.3 Å². The summed E-state index contributed by atoms with van der Waals surface area (Å²) in [7, 11) is 3.62. The summed E-state index contributed by atoms with van der Waals surface area (Å²) in [6.07, 6.45) is 26.3. The number of rotatable bonds is 12. The number of nitrogens with zero attached hydrogens (tertiary/aromatic N) is 17. The number of nitrogens with one attached hydrogen (secondary N) is 1. The summed E-state index contributed by atoms with van der Waals surface area (Å²) in [5.74, 6) is 5.07. The van der Waals surface area contributed by atoms with Crippen molar-refractivity contribution in [2.24, 2.45) is 37.8 Å². The molecule has 9 aromatic heterocycles. The Balaban J connectivity index is 0.000000136. The van der Waals surface area contributed by atoms with Gasteiger partial charge in [0, 0.05) is 118 Å². The van der Waals surface area contributed by atoms with Crippen molar-refractivity contribution in [3.05, 3.63) is 133 Å². The molecule has 0 aliphatic carbocycles. The highest BCUT2D eigenvalue weighted by atomic mass is 19.1. The van der Waals surface area contributed by atoms with Crippen molar-refractivity contribution in [3.63, 3.8) is 0 Å². The highest BCUT2D eigenvalue weighted by molar-refractivity contribution is 5.85. The van der Waals surface area contributed by atoms with Crippen LogP contribution in [0.25, 0.3) is 79.5 Å². The zero-order valence-corrected chi connectivity index (χ0v) is 49.9. The fourth-order valence-corrected chi connectivity index (χ4v) is 11.8. The van der Waals surface area contributed by atoms with E-state index in [1.807, 2.05) is 67.9 Å². The molecule has 10 aromatic rings. The number of aryl methyl sites for hydroxylation is 2. The van der Waals surface area contributed by atoms with E-state index in [-0.39, 0.29) is 17.2 Å². The summed E-state index contributed by atoms with van der Waals surface area (Å²) in [6, 6.07) is 19.6. The second kappa shape index (κ2) is 26.7. The predicted molar refractivity (Wildman–Crippen MR) is 336 cm³/mol. The molecule has 448 valence electrons. The Morgan fingerprint density at radius 1 is 0.552 bits per heavy atom. The molecule has 1 aromatic carbocycles. The quantitative estimate of drug-likeness (QED) is 0.0887. The van der Waals surface area contributed by atoms with Gasteiger partial charge in [0.15, 0.2) is 23.3 Å². The molecular formula is C65H73FN18O3. The van der Waals surface area contributed by atoms with E-state index >= 15 is 0 Å². The number of pyridine rings is 3. The SMILES string of the molecule is CCC1CCCN(c2ccc(-c3ncc(-c4cc(F)c5nn(C)cc5c4)cc3O)nn2)C1.CCC1CCCN(c2ccc(-c3ncc(-c4cn[nH]c4)cc3O)nn2)C1.C[C@@H]1C[C@H](C)CN(c2ccc(-c3ncc(/C=C/c4cnn(C)c4)cc3O)nn2)C1. The van der Waals surface area contributed by atoms with E-state index in [2.05, 4.69) is 108 Å². The van der Waals surface area contributed by atoms with E-state index in [9.17, 15) is 19.7 Å². The number of hydrogen-bond donors (Lipinski definition) is 4. The molecule has 87 heavy (non-hydrogen) atoms. The van der Waals surface area contributed by atoms with Crippen LogP contribution in [0.5, 0.6) is 17.2 Å². The summed E-state index contributed by atoms with van der Waals surface area (Å²) in [5.41, 5.74) is 7.84. The van der Waals surface area contributed by atoms with Crippen LogP contribution in [0.2, 0.25) is 0 Å².